The fraction of sp³-hybridized carbons (Fsp3) is 0.280. The molecule has 0 fully saturated rings. The van der Waals surface area contributed by atoms with E-state index in [0.29, 0.717) is 5.88 Å². The molecule has 0 heterocycles. The predicted molar refractivity (Wildman–Crippen MR) is 121 cm³/mol. The zero-order valence-corrected chi connectivity index (χ0v) is 17.6. The van der Waals surface area contributed by atoms with Crippen LogP contribution in [-0.2, 0) is 5.88 Å². The monoisotopic (exact) mass is 379 g/mol. The number of rotatable bonds is 8. The van der Waals surface area contributed by atoms with E-state index in [9.17, 15) is 0 Å². The molecule has 142 valence electrons. The normalized spacial score (nSPS) is 13.0. The first-order valence-electron chi connectivity index (χ1n) is 9.49. The highest BCUT2D eigenvalue weighted by atomic mass is 35.5. The molecule has 2 aromatic rings. The van der Waals surface area contributed by atoms with E-state index in [1.54, 1.807) is 0 Å². The van der Waals surface area contributed by atoms with Gasteiger partial charge in [0.15, 0.2) is 0 Å². The van der Waals surface area contributed by atoms with Crippen LogP contribution in [0.5, 0.6) is 0 Å². The van der Waals surface area contributed by atoms with Gasteiger partial charge in [-0.3, -0.25) is 0 Å². The number of alkyl halides is 1. The van der Waals surface area contributed by atoms with Crippen molar-refractivity contribution < 1.29 is 0 Å². The van der Waals surface area contributed by atoms with Crippen LogP contribution in [0.4, 0.5) is 5.69 Å². The molecule has 2 aromatic carbocycles. The smallest absolute Gasteiger partial charge is 0.0477 e. The number of allylic oxidation sites excluding steroid dienone is 5. The van der Waals surface area contributed by atoms with Gasteiger partial charge in [-0.25, -0.2) is 0 Å². The third-order valence-electron chi connectivity index (χ3n) is 4.67. The van der Waals surface area contributed by atoms with Crippen LogP contribution in [0.15, 0.2) is 78.4 Å². The molecule has 1 nitrogen and oxygen atoms in total. The summed E-state index contributed by atoms with van der Waals surface area (Å²) in [6.45, 7) is 13.7. The van der Waals surface area contributed by atoms with Crippen molar-refractivity contribution in [3.8, 4) is 0 Å². The minimum absolute atomic E-state index is 0.0783. The second-order valence-electron chi connectivity index (χ2n) is 6.83. The van der Waals surface area contributed by atoms with Gasteiger partial charge in [-0.2, -0.15) is 0 Å². The topological polar surface area (TPSA) is 12.0 Å². The van der Waals surface area contributed by atoms with E-state index < -0.39 is 0 Å². The lowest BCUT2D eigenvalue weighted by molar-refractivity contribution is 0.958. The van der Waals surface area contributed by atoms with Crippen molar-refractivity contribution in [1.29, 1.82) is 0 Å². The van der Waals surface area contributed by atoms with E-state index in [1.807, 2.05) is 13.0 Å². The van der Waals surface area contributed by atoms with Crippen molar-refractivity contribution in [1.82, 2.24) is 0 Å². The average Bonchev–Trinajstić information content (AvgIpc) is 2.64. The Morgan fingerprint density at radius 3 is 2.59 bits per heavy atom. The van der Waals surface area contributed by atoms with E-state index in [1.165, 1.54) is 28.0 Å². The van der Waals surface area contributed by atoms with Gasteiger partial charge >= 0.3 is 0 Å². The van der Waals surface area contributed by atoms with Crippen LogP contribution in [-0.4, -0.2) is 6.54 Å². The zero-order valence-electron chi connectivity index (χ0n) is 16.9. The molecule has 1 N–H and O–H groups in total. The third-order valence-corrected chi connectivity index (χ3v) is 4.96. The summed E-state index contributed by atoms with van der Waals surface area (Å²) in [6, 6.07) is 15.0. The van der Waals surface area contributed by atoms with E-state index in [-0.39, 0.29) is 5.92 Å². The molecule has 0 aliphatic rings. The maximum absolute atomic E-state index is 6.26. The Bertz CT molecular complexity index is 845. The molecule has 0 amide bonds. The molecule has 2 heteroatoms. The molecule has 0 radical (unpaired) electrons. The van der Waals surface area contributed by atoms with E-state index in [0.717, 1.165) is 17.7 Å². The summed E-state index contributed by atoms with van der Waals surface area (Å²) < 4.78 is 0. The van der Waals surface area contributed by atoms with Gasteiger partial charge < -0.3 is 5.32 Å². The quantitative estimate of drug-likeness (QED) is 0.372. The second kappa shape index (κ2) is 10.2. The first-order valence-corrected chi connectivity index (χ1v) is 10.0. The highest BCUT2D eigenvalue weighted by Gasteiger charge is 2.20. The molecule has 0 saturated carbocycles. The maximum atomic E-state index is 6.26. The van der Waals surface area contributed by atoms with Crippen molar-refractivity contribution >= 4 is 17.3 Å². The number of halogens is 1. The van der Waals surface area contributed by atoms with Crippen molar-refractivity contribution in [3.63, 3.8) is 0 Å². The van der Waals surface area contributed by atoms with Crippen LogP contribution in [0.1, 0.15) is 48.9 Å². The van der Waals surface area contributed by atoms with Crippen molar-refractivity contribution in [2.75, 3.05) is 11.9 Å². The first-order chi connectivity index (χ1) is 13.0. The number of nitrogens with one attached hydrogen (secondary N) is 1. The highest BCUT2D eigenvalue weighted by Crippen LogP contribution is 2.36. The van der Waals surface area contributed by atoms with Gasteiger partial charge in [0.25, 0.3) is 0 Å². The average molecular weight is 380 g/mol. The van der Waals surface area contributed by atoms with Crippen LogP contribution in [0.25, 0.3) is 0 Å². The summed E-state index contributed by atoms with van der Waals surface area (Å²) >= 11 is 6.26. The number of hydrogen-bond acceptors (Lipinski definition) is 1. The Morgan fingerprint density at radius 2 is 1.96 bits per heavy atom. The summed E-state index contributed by atoms with van der Waals surface area (Å²) in [5.41, 5.74) is 8.28. The lowest BCUT2D eigenvalue weighted by Crippen LogP contribution is -2.07. The van der Waals surface area contributed by atoms with Crippen molar-refractivity contribution in [2.24, 2.45) is 0 Å². The van der Waals surface area contributed by atoms with Gasteiger partial charge in [0.1, 0.15) is 0 Å². The third kappa shape index (κ3) is 5.37. The summed E-state index contributed by atoms with van der Waals surface area (Å²) in [5.74, 6) is 0.570. The predicted octanol–water partition coefficient (Wildman–Crippen LogP) is 7.38. The summed E-state index contributed by atoms with van der Waals surface area (Å²) in [7, 11) is 0. The second-order valence-corrected chi connectivity index (χ2v) is 7.10. The Kier molecular flexibility index (Phi) is 7.94. The number of aryl methyl sites for hydroxylation is 1. The molecule has 0 aliphatic carbocycles. The summed E-state index contributed by atoms with van der Waals surface area (Å²) in [6.07, 6.45) is 6.33. The molecule has 0 spiro atoms. The van der Waals surface area contributed by atoms with Crippen molar-refractivity contribution in [3.05, 3.63) is 101 Å². The molecule has 1 unspecified atom stereocenters. The van der Waals surface area contributed by atoms with Gasteiger partial charge in [-0.1, -0.05) is 66.8 Å². The molecule has 27 heavy (non-hydrogen) atoms. The van der Waals surface area contributed by atoms with Gasteiger partial charge in [-0.15, -0.1) is 11.6 Å². The van der Waals surface area contributed by atoms with Gasteiger partial charge in [0, 0.05) is 24.0 Å². The highest BCUT2D eigenvalue weighted by molar-refractivity contribution is 6.17. The minimum atomic E-state index is 0.0783. The van der Waals surface area contributed by atoms with Crippen LogP contribution in [0.2, 0.25) is 0 Å². The molecule has 0 bridgehead atoms. The van der Waals surface area contributed by atoms with Crippen LogP contribution >= 0.6 is 11.6 Å². The molecular formula is C25H30ClN. The molecule has 2 rings (SSSR count). The molecule has 0 saturated heterocycles. The van der Waals surface area contributed by atoms with E-state index >= 15 is 0 Å². The SMILES string of the molecule is C=C(/C=C(C)\C=C/C)C(c1ccc(NCC)c(C)c1)c1ccccc1CCl. The fourth-order valence-corrected chi connectivity index (χ4v) is 3.72. The summed E-state index contributed by atoms with van der Waals surface area (Å²) in [4.78, 5) is 0. The molecular weight excluding hydrogens is 350 g/mol. The first kappa shape index (κ1) is 21.1. The standard InChI is InChI=1S/C25H30ClN/c1-6-10-18(3)15-20(5)25(23-12-9-8-11-22(23)17-26)21-13-14-24(27-7-2)19(4)16-21/h6,8-16,25,27H,5,7,17H2,1-4H3/b10-6-,18-15-. The zero-order chi connectivity index (χ0) is 19.8. The Labute approximate surface area is 169 Å². The summed E-state index contributed by atoms with van der Waals surface area (Å²) in [5, 5.41) is 3.42. The molecule has 1 atom stereocenters. The van der Waals surface area contributed by atoms with Gasteiger partial charge in [0.05, 0.1) is 0 Å². The minimum Gasteiger partial charge on any atom is -0.385 e. The largest absolute Gasteiger partial charge is 0.385 e. The Hall–Kier alpha value is -2.25. The van der Waals surface area contributed by atoms with Crippen LogP contribution in [0.3, 0.4) is 0 Å². The number of benzene rings is 2. The number of hydrogen-bond donors (Lipinski definition) is 1. The van der Waals surface area contributed by atoms with Gasteiger partial charge in [0.2, 0.25) is 0 Å². The molecule has 0 aliphatic heterocycles. The fourth-order valence-electron chi connectivity index (χ4n) is 3.47. The van der Waals surface area contributed by atoms with Crippen LogP contribution in [0, 0.1) is 6.92 Å². The molecule has 0 aromatic heterocycles. The Balaban J connectivity index is 2.58. The van der Waals surface area contributed by atoms with Crippen molar-refractivity contribution in [2.45, 2.75) is 39.5 Å². The maximum Gasteiger partial charge on any atom is 0.0477 e. The Morgan fingerprint density at radius 1 is 1.22 bits per heavy atom. The van der Waals surface area contributed by atoms with Gasteiger partial charge in [-0.05, 0) is 61.6 Å². The lowest BCUT2D eigenvalue weighted by atomic mass is 9.82. The van der Waals surface area contributed by atoms with E-state index in [2.05, 4.69) is 87.3 Å². The van der Waals surface area contributed by atoms with Crippen LogP contribution < -0.4 is 5.32 Å². The van der Waals surface area contributed by atoms with E-state index in [4.69, 9.17) is 11.6 Å². The number of anilines is 1. The lowest BCUT2D eigenvalue weighted by Gasteiger charge is -2.23.